The van der Waals surface area contributed by atoms with Crippen molar-refractivity contribution in [2.24, 2.45) is 5.92 Å². The molecule has 128 valence electrons. The summed E-state index contributed by atoms with van der Waals surface area (Å²) in [7, 11) is 0. The van der Waals surface area contributed by atoms with E-state index in [1.165, 1.54) is 70.6 Å². The molecule has 0 aliphatic rings. The van der Waals surface area contributed by atoms with Crippen molar-refractivity contribution in [3.63, 3.8) is 0 Å². The predicted octanol–water partition coefficient (Wildman–Crippen LogP) is 6.26. The summed E-state index contributed by atoms with van der Waals surface area (Å²) >= 11 is 0. The van der Waals surface area contributed by atoms with E-state index in [1.807, 2.05) is 0 Å². The molecule has 0 heterocycles. The predicted molar refractivity (Wildman–Crippen MR) is 98.8 cm³/mol. The van der Waals surface area contributed by atoms with Crippen LogP contribution in [0.25, 0.3) is 0 Å². The van der Waals surface area contributed by atoms with E-state index in [9.17, 15) is 5.11 Å². The Kier molecular flexibility index (Phi) is 16.1. The lowest BCUT2D eigenvalue weighted by Gasteiger charge is -2.10. The molecule has 1 heteroatoms. The van der Waals surface area contributed by atoms with Gasteiger partial charge < -0.3 is 5.11 Å². The smallest absolute Gasteiger partial charge is 0.0730 e. The number of aliphatic hydroxyl groups excluding tert-OH is 1. The van der Waals surface area contributed by atoms with Gasteiger partial charge in [-0.15, -0.1) is 6.42 Å². The van der Waals surface area contributed by atoms with Gasteiger partial charge in [0, 0.05) is 0 Å². The van der Waals surface area contributed by atoms with Crippen molar-refractivity contribution in [3.05, 3.63) is 12.2 Å². The molecule has 0 saturated carbocycles. The van der Waals surface area contributed by atoms with Crippen LogP contribution in [-0.2, 0) is 0 Å². The van der Waals surface area contributed by atoms with Crippen molar-refractivity contribution < 1.29 is 5.11 Å². The van der Waals surface area contributed by atoms with Crippen molar-refractivity contribution in [2.75, 3.05) is 0 Å². The van der Waals surface area contributed by atoms with Crippen LogP contribution in [0.3, 0.4) is 0 Å². The minimum absolute atomic E-state index is 0.356. The van der Waals surface area contributed by atoms with Gasteiger partial charge in [0.25, 0.3) is 0 Å². The molecule has 1 N–H and O–H groups in total. The van der Waals surface area contributed by atoms with Crippen molar-refractivity contribution >= 4 is 0 Å². The van der Waals surface area contributed by atoms with Gasteiger partial charge in [-0.25, -0.2) is 0 Å². The van der Waals surface area contributed by atoms with Crippen LogP contribution in [0.2, 0.25) is 0 Å². The molecule has 0 fully saturated rings. The Hall–Kier alpha value is -0.740. The maximum Gasteiger partial charge on any atom is 0.0730 e. The lowest BCUT2D eigenvalue weighted by atomic mass is 9.97. The van der Waals surface area contributed by atoms with Crippen molar-refractivity contribution in [3.8, 4) is 12.3 Å². The van der Waals surface area contributed by atoms with Crippen molar-refractivity contribution in [2.45, 2.75) is 103 Å². The summed E-state index contributed by atoms with van der Waals surface area (Å²) in [5.41, 5.74) is 0. The monoisotopic (exact) mass is 306 g/mol. The second-order valence-electron chi connectivity index (χ2n) is 6.75. The number of hydrogen-bond acceptors (Lipinski definition) is 1. The Balaban J connectivity index is 3.21. The average molecular weight is 307 g/mol. The van der Waals surface area contributed by atoms with Crippen LogP contribution in [0, 0.1) is 18.3 Å². The standard InChI is InChI=1S/C21H38O/c1-4-6-16-20(3)17-14-12-10-8-9-11-13-15-19-21(22)18-7-5-2/h2,7,18,20-22H,4,6,8-17,19H2,1,3H3/b18-7-/t20?,21-/m1/s1. The fraction of sp³-hybridized carbons (Fsp3) is 0.810. The first-order valence-electron chi connectivity index (χ1n) is 9.51. The molecule has 2 atom stereocenters. The zero-order valence-corrected chi connectivity index (χ0v) is 15.0. The molecule has 0 rings (SSSR count). The summed E-state index contributed by atoms with van der Waals surface area (Å²) in [5.74, 6) is 3.34. The normalized spacial score (nSPS) is 14.1. The summed E-state index contributed by atoms with van der Waals surface area (Å²) in [6.07, 6.45) is 25.0. The highest BCUT2D eigenvalue weighted by atomic mass is 16.3. The van der Waals surface area contributed by atoms with Gasteiger partial charge in [-0.2, -0.15) is 0 Å². The first kappa shape index (κ1) is 21.3. The molecule has 0 aliphatic carbocycles. The van der Waals surface area contributed by atoms with Crippen LogP contribution in [0.1, 0.15) is 97.3 Å². The highest BCUT2D eigenvalue weighted by Crippen LogP contribution is 2.17. The quantitative estimate of drug-likeness (QED) is 0.279. The van der Waals surface area contributed by atoms with E-state index in [1.54, 1.807) is 12.2 Å². The zero-order valence-electron chi connectivity index (χ0n) is 15.0. The van der Waals surface area contributed by atoms with Gasteiger partial charge in [0.1, 0.15) is 0 Å². The molecule has 0 aromatic rings. The minimum atomic E-state index is -0.356. The molecular weight excluding hydrogens is 268 g/mol. The van der Waals surface area contributed by atoms with E-state index in [2.05, 4.69) is 19.8 Å². The summed E-state index contributed by atoms with van der Waals surface area (Å²) < 4.78 is 0. The third-order valence-corrected chi connectivity index (χ3v) is 4.41. The molecule has 0 radical (unpaired) electrons. The Morgan fingerprint density at radius 3 is 1.91 bits per heavy atom. The van der Waals surface area contributed by atoms with Crippen LogP contribution < -0.4 is 0 Å². The molecule has 0 aromatic carbocycles. The van der Waals surface area contributed by atoms with E-state index < -0.39 is 0 Å². The van der Waals surface area contributed by atoms with E-state index in [-0.39, 0.29) is 6.10 Å². The molecule has 0 spiro atoms. The molecule has 0 bridgehead atoms. The van der Waals surface area contributed by atoms with Crippen LogP contribution in [0.15, 0.2) is 12.2 Å². The molecule has 0 aromatic heterocycles. The number of terminal acetylenes is 1. The number of allylic oxidation sites excluding steroid dienone is 1. The van der Waals surface area contributed by atoms with Crippen LogP contribution in [0.5, 0.6) is 0 Å². The van der Waals surface area contributed by atoms with Gasteiger partial charge in [-0.3, -0.25) is 0 Å². The van der Waals surface area contributed by atoms with E-state index >= 15 is 0 Å². The molecule has 0 aliphatic heterocycles. The zero-order chi connectivity index (χ0) is 16.5. The summed E-state index contributed by atoms with van der Waals surface area (Å²) in [5, 5.41) is 9.60. The molecule has 1 unspecified atom stereocenters. The van der Waals surface area contributed by atoms with Crippen LogP contribution in [0.4, 0.5) is 0 Å². The lowest BCUT2D eigenvalue weighted by molar-refractivity contribution is 0.208. The van der Waals surface area contributed by atoms with Crippen LogP contribution >= 0.6 is 0 Å². The summed E-state index contributed by atoms with van der Waals surface area (Å²) in [6, 6.07) is 0. The first-order chi connectivity index (χ1) is 10.7. The fourth-order valence-electron chi connectivity index (χ4n) is 2.87. The van der Waals surface area contributed by atoms with Gasteiger partial charge in [-0.1, -0.05) is 96.8 Å². The van der Waals surface area contributed by atoms with Gasteiger partial charge in [0.15, 0.2) is 0 Å². The Morgan fingerprint density at radius 1 is 0.864 bits per heavy atom. The molecule has 0 amide bonds. The molecule has 0 saturated heterocycles. The Labute approximate surface area is 139 Å². The third kappa shape index (κ3) is 15.6. The topological polar surface area (TPSA) is 20.2 Å². The first-order valence-corrected chi connectivity index (χ1v) is 9.51. The molecule has 22 heavy (non-hydrogen) atoms. The molecular formula is C21H38O. The largest absolute Gasteiger partial charge is 0.389 e. The number of rotatable bonds is 15. The van der Waals surface area contributed by atoms with Gasteiger partial charge in [0.05, 0.1) is 6.10 Å². The molecule has 1 nitrogen and oxygen atoms in total. The second-order valence-corrected chi connectivity index (χ2v) is 6.75. The van der Waals surface area contributed by atoms with Crippen LogP contribution in [-0.4, -0.2) is 11.2 Å². The highest BCUT2D eigenvalue weighted by molar-refractivity contribution is 5.10. The van der Waals surface area contributed by atoms with E-state index in [0.717, 1.165) is 18.8 Å². The summed E-state index contributed by atoms with van der Waals surface area (Å²) in [6.45, 7) is 4.68. The van der Waals surface area contributed by atoms with Gasteiger partial charge in [0.2, 0.25) is 0 Å². The Morgan fingerprint density at radius 2 is 1.36 bits per heavy atom. The lowest BCUT2D eigenvalue weighted by Crippen LogP contribution is -2.01. The van der Waals surface area contributed by atoms with E-state index in [4.69, 9.17) is 6.42 Å². The van der Waals surface area contributed by atoms with Gasteiger partial charge in [-0.05, 0) is 24.5 Å². The minimum Gasteiger partial charge on any atom is -0.389 e. The van der Waals surface area contributed by atoms with Crippen molar-refractivity contribution in [1.82, 2.24) is 0 Å². The van der Waals surface area contributed by atoms with E-state index in [0.29, 0.717) is 0 Å². The van der Waals surface area contributed by atoms with Gasteiger partial charge >= 0.3 is 0 Å². The Bertz CT molecular complexity index is 287. The number of hydrogen-bond donors (Lipinski definition) is 1. The average Bonchev–Trinajstić information content (AvgIpc) is 2.52. The maximum atomic E-state index is 9.60. The summed E-state index contributed by atoms with van der Waals surface area (Å²) in [4.78, 5) is 0. The number of aliphatic hydroxyl groups is 1. The number of unbranched alkanes of at least 4 members (excludes halogenated alkanes) is 8. The second kappa shape index (κ2) is 16.6. The SMILES string of the molecule is C#C/C=C\[C@@H](O)CCCCCCCCCCC(C)CCCC. The maximum absolute atomic E-state index is 9.60. The third-order valence-electron chi connectivity index (χ3n) is 4.41. The fourth-order valence-corrected chi connectivity index (χ4v) is 2.87. The highest BCUT2D eigenvalue weighted by Gasteiger charge is 2.01. The van der Waals surface area contributed by atoms with Crippen molar-refractivity contribution in [1.29, 1.82) is 0 Å².